The fourth-order valence-electron chi connectivity index (χ4n) is 3.70. The lowest BCUT2D eigenvalue weighted by Crippen LogP contribution is -2.23. The molecule has 3 N–H and O–H groups in total. The van der Waals surface area contributed by atoms with Gasteiger partial charge in [-0.15, -0.1) is 0 Å². The number of nitrogen functional groups attached to an aromatic ring is 1. The van der Waals surface area contributed by atoms with Gasteiger partial charge in [-0.25, -0.2) is 4.98 Å². The molecule has 5 nitrogen and oxygen atoms in total. The molecule has 0 radical (unpaired) electrons. The molecule has 2 aromatic carbocycles. The third-order valence-electron chi connectivity index (χ3n) is 5.02. The summed E-state index contributed by atoms with van der Waals surface area (Å²) < 4.78 is 0. The van der Waals surface area contributed by atoms with E-state index in [1.54, 1.807) is 0 Å². The highest BCUT2D eigenvalue weighted by Gasteiger charge is 2.16. The summed E-state index contributed by atoms with van der Waals surface area (Å²) in [4.78, 5) is 8.83. The van der Waals surface area contributed by atoms with Crippen molar-refractivity contribution in [2.24, 2.45) is 0 Å². The number of nitriles is 1. The Balaban J connectivity index is 1.80. The molecule has 1 aliphatic carbocycles. The number of hydrogen-bond acceptors (Lipinski definition) is 5. The van der Waals surface area contributed by atoms with Crippen LogP contribution in [0.4, 0.5) is 11.8 Å². The largest absolute Gasteiger partial charge is 0.368 e. The zero-order valence-corrected chi connectivity index (χ0v) is 14.6. The van der Waals surface area contributed by atoms with Crippen LogP contribution in [0.1, 0.15) is 37.7 Å². The highest BCUT2D eigenvalue weighted by atomic mass is 15.1. The van der Waals surface area contributed by atoms with E-state index < -0.39 is 0 Å². The molecule has 0 saturated heterocycles. The van der Waals surface area contributed by atoms with Crippen LogP contribution in [0.25, 0.3) is 22.0 Å². The van der Waals surface area contributed by atoms with Crippen molar-refractivity contribution in [3.63, 3.8) is 0 Å². The van der Waals surface area contributed by atoms with Crippen molar-refractivity contribution in [3.05, 3.63) is 48.0 Å². The van der Waals surface area contributed by atoms with E-state index in [4.69, 9.17) is 5.73 Å². The molecular formula is C21H21N5. The predicted molar refractivity (Wildman–Crippen MR) is 105 cm³/mol. The van der Waals surface area contributed by atoms with Gasteiger partial charge in [0.25, 0.3) is 0 Å². The molecule has 0 aliphatic heterocycles. The summed E-state index contributed by atoms with van der Waals surface area (Å²) in [5.74, 6) is 1.07. The Hall–Kier alpha value is -3.13. The highest BCUT2D eigenvalue weighted by Crippen LogP contribution is 2.31. The number of nitrogens with two attached hydrogens (primary N) is 1. The van der Waals surface area contributed by atoms with Gasteiger partial charge >= 0.3 is 0 Å². The molecule has 1 aromatic heterocycles. The van der Waals surface area contributed by atoms with E-state index in [2.05, 4.69) is 27.4 Å². The summed E-state index contributed by atoms with van der Waals surface area (Å²) in [5.41, 5.74) is 9.29. The maximum Gasteiger partial charge on any atom is 0.222 e. The molecule has 1 heterocycles. The van der Waals surface area contributed by atoms with E-state index in [-0.39, 0.29) is 5.95 Å². The molecule has 130 valence electrons. The minimum absolute atomic E-state index is 0.279. The normalized spacial score (nSPS) is 14.9. The molecule has 0 spiro atoms. The Morgan fingerprint density at radius 2 is 1.85 bits per heavy atom. The van der Waals surface area contributed by atoms with Gasteiger partial charge in [-0.1, -0.05) is 43.5 Å². The zero-order valence-electron chi connectivity index (χ0n) is 14.6. The highest BCUT2D eigenvalue weighted by molar-refractivity contribution is 5.94. The van der Waals surface area contributed by atoms with Crippen LogP contribution in [0, 0.1) is 11.3 Å². The van der Waals surface area contributed by atoms with Crippen LogP contribution in [-0.4, -0.2) is 16.0 Å². The average molecular weight is 343 g/mol. The van der Waals surface area contributed by atoms with Crippen LogP contribution in [0.5, 0.6) is 0 Å². The first kappa shape index (κ1) is 16.3. The van der Waals surface area contributed by atoms with Crippen molar-refractivity contribution >= 4 is 22.7 Å². The second-order valence-corrected chi connectivity index (χ2v) is 6.80. The summed E-state index contributed by atoms with van der Waals surface area (Å²) in [6, 6.07) is 16.3. The Morgan fingerprint density at radius 3 is 2.65 bits per heavy atom. The van der Waals surface area contributed by atoms with Crippen LogP contribution >= 0.6 is 0 Å². The van der Waals surface area contributed by atoms with Crippen LogP contribution in [-0.2, 0) is 0 Å². The number of benzene rings is 2. The first-order valence-corrected chi connectivity index (χ1v) is 9.08. The summed E-state index contributed by atoms with van der Waals surface area (Å²) >= 11 is 0. The molecule has 0 amide bonds. The number of rotatable bonds is 3. The van der Waals surface area contributed by atoms with E-state index in [9.17, 15) is 5.26 Å². The molecule has 1 aliphatic rings. The van der Waals surface area contributed by atoms with Crippen LogP contribution in [0.2, 0.25) is 0 Å². The van der Waals surface area contributed by atoms with E-state index in [1.807, 2.05) is 36.4 Å². The van der Waals surface area contributed by atoms with E-state index in [0.717, 1.165) is 40.7 Å². The van der Waals surface area contributed by atoms with Gasteiger partial charge in [-0.3, -0.25) is 0 Å². The molecule has 3 aromatic rings. The summed E-state index contributed by atoms with van der Waals surface area (Å²) in [7, 11) is 0. The number of fused-ring (bicyclic) bond motifs is 1. The number of hydrogen-bond donors (Lipinski definition) is 2. The van der Waals surface area contributed by atoms with Crippen molar-refractivity contribution in [1.29, 1.82) is 5.26 Å². The zero-order chi connectivity index (χ0) is 17.9. The fraction of sp³-hybridized carbons (Fsp3) is 0.286. The smallest absolute Gasteiger partial charge is 0.222 e. The number of nitrogens with one attached hydrogen (secondary N) is 1. The molecule has 26 heavy (non-hydrogen) atoms. The van der Waals surface area contributed by atoms with Gasteiger partial charge in [0.15, 0.2) is 0 Å². The van der Waals surface area contributed by atoms with Gasteiger partial charge in [0.1, 0.15) is 5.82 Å². The second kappa shape index (κ2) is 7.01. The topological polar surface area (TPSA) is 87.6 Å². The maximum absolute atomic E-state index is 9.40. The van der Waals surface area contributed by atoms with Crippen molar-refractivity contribution in [2.45, 2.75) is 38.1 Å². The van der Waals surface area contributed by atoms with Gasteiger partial charge in [0.2, 0.25) is 5.95 Å². The lowest BCUT2D eigenvalue weighted by molar-refractivity contribution is 0.462. The molecule has 0 atom stereocenters. The summed E-state index contributed by atoms with van der Waals surface area (Å²) in [6.45, 7) is 0. The first-order valence-electron chi connectivity index (χ1n) is 9.08. The molecular weight excluding hydrogens is 322 g/mol. The third kappa shape index (κ3) is 3.18. The average Bonchev–Trinajstić information content (AvgIpc) is 2.68. The number of nitrogens with zero attached hydrogens (tertiary/aromatic N) is 3. The van der Waals surface area contributed by atoms with Crippen LogP contribution in [0.3, 0.4) is 0 Å². The standard InChI is InChI=1S/C21H21N5/c22-13-15-6-4-5-9-17(15)14-10-11-19-18(12-14)20(26-21(23)25-19)24-16-7-2-1-3-8-16/h4-6,9-12,16H,1-3,7-8H2,(H3,23,24,25,26). The molecule has 0 bridgehead atoms. The quantitative estimate of drug-likeness (QED) is 0.731. The third-order valence-corrected chi connectivity index (χ3v) is 5.02. The maximum atomic E-state index is 9.40. The summed E-state index contributed by atoms with van der Waals surface area (Å²) in [6.07, 6.45) is 6.11. The molecule has 1 fully saturated rings. The number of anilines is 2. The van der Waals surface area contributed by atoms with Crippen LogP contribution < -0.4 is 11.1 Å². The second-order valence-electron chi connectivity index (χ2n) is 6.80. The molecule has 0 unspecified atom stereocenters. The Bertz CT molecular complexity index is 983. The van der Waals surface area contributed by atoms with E-state index in [0.29, 0.717) is 11.6 Å². The predicted octanol–water partition coefficient (Wildman–Crippen LogP) is 4.50. The monoisotopic (exact) mass is 343 g/mol. The van der Waals surface area contributed by atoms with Crippen molar-refractivity contribution in [1.82, 2.24) is 9.97 Å². The minimum atomic E-state index is 0.279. The van der Waals surface area contributed by atoms with E-state index in [1.165, 1.54) is 19.3 Å². The van der Waals surface area contributed by atoms with Crippen LogP contribution in [0.15, 0.2) is 42.5 Å². The summed E-state index contributed by atoms with van der Waals surface area (Å²) in [5, 5.41) is 13.9. The van der Waals surface area contributed by atoms with Crippen molar-refractivity contribution in [2.75, 3.05) is 11.1 Å². The molecule has 1 saturated carbocycles. The minimum Gasteiger partial charge on any atom is -0.368 e. The Morgan fingerprint density at radius 1 is 1.04 bits per heavy atom. The van der Waals surface area contributed by atoms with E-state index >= 15 is 0 Å². The Labute approximate surface area is 152 Å². The van der Waals surface area contributed by atoms with Gasteiger partial charge in [-0.05, 0) is 42.2 Å². The van der Waals surface area contributed by atoms with Crippen molar-refractivity contribution < 1.29 is 0 Å². The lowest BCUT2D eigenvalue weighted by atomic mass is 9.95. The number of aromatic nitrogens is 2. The molecule has 5 heteroatoms. The lowest BCUT2D eigenvalue weighted by Gasteiger charge is -2.24. The first-order chi connectivity index (χ1) is 12.7. The SMILES string of the molecule is N#Cc1ccccc1-c1ccc2nc(N)nc(NC3CCCCC3)c2c1. The van der Waals surface area contributed by atoms with Gasteiger partial charge in [-0.2, -0.15) is 10.2 Å². The van der Waals surface area contributed by atoms with Crippen molar-refractivity contribution in [3.8, 4) is 17.2 Å². The fourth-order valence-corrected chi connectivity index (χ4v) is 3.70. The Kier molecular flexibility index (Phi) is 4.40. The van der Waals surface area contributed by atoms with Gasteiger partial charge in [0.05, 0.1) is 17.1 Å². The van der Waals surface area contributed by atoms with Gasteiger partial charge in [0, 0.05) is 11.4 Å². The van der Waals surface area contributed by atoms with Gasteiger partial charge < -0.3 is 11.1 Å². The molecule has 4 rings (SSSR count).